The summed E-state index contributed by atoms with van der Waals surface area (Å²) in [6.45, 7) is 0. The molecule has 0 spiro atoms. The van der Waals surface area contributed by atoms with Gasteiger partial charge < -0.3 is 15.3 Å². The van der Waals surface area contributed by atoms with E-state index in [1.54, 1.807) is 12.3 Å². The molecule has 0 bridgehead atoms. The highest BCUT2D eigenvalue weighted by Crippen LogP contribution is 2.26. The Morgan fingerprint density at radius 2 is 1.96 bits per heavy atom. The third-order valence-electron chi connectivity index (χ3n) is 4.33. The number of anilines is 1. The minimum Gasteiger partial charge on any atom is -0.361 e. The van der Waals surface area contributed by atoms with Crippen LogP contribution >= 0.6 is 0 Å². The average Bonchev–Trinajstić information content (AvgIpc) is 3.39. The number of para-hydroxylation sites is 3. The van der Waals surface area contributed by atoms with Gasteiger partial charge in [0.25, 0.3) is 5.91 Å². The van der Waals surface area contributed by atoms with Crippen LogP contribution in [0.25, 0.3) is 33.5 Å². The summed E-state index contributed by atoms with van der Waals surface area (Å²) in [5.74, 6) is 0.387. The van der Waals surface area contributed by atoms with Crippen LogP contribution in [0.15, 0.2) is 60.9 Å². The maximum Gasteiger partial charge on any atom is 0.257 e. The molecule has 0 saturated carbocycles. The van der Waals surface area contributed by atoms with E-state index in [-0.39, 0.29) is 5.91 Å². The predicted molar refractivity (Wildman–Crippen MR) is 99.9 cm³/mol. The second kappa shape index (κ2) is 5.59. The number of nitrogens with one attached hydrogen (secondary N) is 4. The molecule has 3 aromatic heterocycles. The summed E-state index contributed by atoms with van der Waals surface area (Å²) < 4.78 is 0. The molecule has 126 valence electrons. The Balaban J connectivity index is 1.51. The molecule has 0 saturated heterocycles. The van der Waals surface area contributed by atoms with E-state index in [1.807, 2.05) is 48.7 Å². The highest BCUT2D eigenvalue weighted by Gasteiger charge is 2.17. The highest BCUT2D eigenvalue weighted by molar-refractivity contribution is 6.12. The topological polar surface area (TPSA) is 102 Å². The van der Waals surface area contributed by atoms with E-state index in [0.29, 0.717) is 22.8 Å². The maximum atomic E-state index is 12.8. The van der Waals surface area contributed by atoms with Crippen molar-refractivity contribution in [2.45, 2.75) is 0 Å². The number of carbonyl (C=O) groups is 1. The van der Waals surface area contributed by atoms with Crippen LogP contribution in [0, 0.1) is 0 Å². The molecular formula is C19H14N6O. The number of aromatic amines is 3. The van der Waals surface area contributed by atoms with Crippen LogP contribution < -0.4 is 5.32 Å². The molecule has 7 nitrogen and oxygen atoms in total. The van der Waals surface area contributed by atoms with E-state index in [1.165, 1.54) is 0 Å². The molecule has 0 fully saturated rings. The van der Waals surface area contributed by atoms with Crippen molar-refractivity contribution in [1.82, 2.24) is 25.1 Å². The molecule has 0 radical (unpaired) electrons. The number of hydrogen-bond donors (Lipinski definition) is 4. The van der Waals surface area contributed by atoms with Crippen molar-refractivity contribution in [3.8, 4) is 11.5 Å². The number of rotatable bonds is 3. The first-order valence-corrected chi connectivity index (χ1v) is 8.16. The van der Waals surface area contributed by atoms with Gasteiger partial charge in [0.05, 0.1) is 27.8 Å². The molecule has 2 aromatic carbocycles. The van der Waals surface area contributed by atoms with Gasteiger partial charge in [0.15, 0.2) is 11.5 Å². The molecule has 5 aromatic rings. The van der Waals surface area contributed by atoms with Crippen LogP contribution in [0.2, 0.25) is 0 Å². The summed E-state index contributed by atoms with van der Waals surface area (Å²) in [7, 11) is 0. The third-order valence-corrected chi connectivity index (χ3v) is 4.33. The minimum absolute atomic E-state index is 0.211. The van der Waals surface area contributed by atoms with Crippen molar-refractivity contribution in [1.29, 1.82) is 0 Å². The third kappa shape index (κ3) is 2.26. The summed E-state index contributed by atoms with van der Waals surface area (Å²) in [5, 5.41) is 10.9. The standard InChI is InChI=1S/C19H14N6O/c26-19(12-5-3-4-11-8-9-20-16(11)12)24-15-10-21-25-17(15)18-22-13-6-1-2-7-14(13)23-18/h1-10,20H,(H,21,25)(H,22,23)(H,24,26). The molecule has 7 heteroatoms. The Hall–Kier alpha value is -3.87. The zero-order valence-corrected chi connectivity index (χ0v) is 13.6. The summed E-state index contributed by atoms with van der Waals surface area (Å²) >= 11 is 0. The second-order valence-electron chi connectivity index (χ2n) is 5.95. The fraction of sp³-hybridized carbons (Fsp3) is 0. The molecule has 0 unspecified atom stereocenters. The van der Waals surface area contributed by atoms with E-state index in [4.69, 9.17) is 0 Å². The van der Waals surface area contributed by atoms with Crippen molar-refractivity contribution in [3.63, 3.8) is 0 Å². The fourth-order valence-electron chi connectivity index (χ4n) is 3.09. The average molecular weight is 342 g/mol. The molecule has 3 heterocycles. The lowest BCUT2D eigenvalue weighted by molar-refractivity contribution is 0.102. The zero-order chi connectivity index (χ0) is 17.5. The van der Waals surface area contributed by atoms with E-state index in [9.17, 15) is 4.79 Å². The van der Waals surface area contributed by atoms with Crippen molar-refractivity contribution < 1.29 is 4.79 Å². The molecule has 0 atom stereocenters. The van der Waals surface area contributed by atoms with Gasteiger partial charge in [0, 0.05) is 17.8 Å². The van der Waals surface area contributed by atoms with Crippen LogP contribution in [0.3, 0.4) is 0 Å². The summed E-state index contributed by atoms with van der Waals surface area (Å²) in [5.41, 5.74) is 4.27. The first-order chi connectivity index (χ1) is 12.8. The first kappa shape index (κ1) is 14.5. The number of H-pyrrole nitrogens is 3. The monoisotopic (exact) mass is 342 g/mol. The number of amides is 1. The second-order valence-corrected chi connectivity index (χ2v) is 5.95. The number of fused-ring (bicyclic) bond motifs is 2. The van der Waals surface area contributed by atoms with Gasteiger partial charge in [-0.25, -0.2) is 4.98 Å². The number of nitrogens with zero attached hydrogens (tertiary/aromatic N) is 2. The van der Waals surface area contributed by atoms with Gasteiger partial charge in [-0.3, -0.25) is 9.89 Å². The summed E-state index contributed by atoms with van der Waals surface area (Å²) in [6.07, 6.45) is 3.47. The van der Waals surface area contributed by atoms with E-state index < -0.39 is 0 Å². The molecule has 26 heavy (non-hydrogen) atoms. The Bertz CT molecular complexity index is 1210. The Labute approximate surface area is 147 Å². The Kier molecular flexibility index (Phi) is 3.11. The summed E-state index contributed by atoms with van der Waals surface area (Å²) in [4.78, 5) is 23.7. The van der Waals surface area contributed by atoms with Crippen LogP contribution in [0.4, 0.5) is 5.69 Å². The van der Waals surface area contributed by atoms with Crippen LogP contribution in [0.1, 0.15) is 10.4 Å². The first-order valence-electron chi connectivity index (χ1n) is 8.16. The van der Waals surface area contributed by atoms with E-state index >= 15 is 0 Å². The quantitative estimate of drug-likeness (QED) is 0.402. The highest BCUT2D eigenvalue weighted by atomic mass is 16.1. The van der Waals surface area contributed by atoms with Gasteiger partial charge >= 0.3 is 0 Å². The van der Waals surface area contributed by atoms with Crippen molar-refractivity contribution in [2.24, 2.45) is 0 Å². The molecule has 0 aliphatic carbocycles. The number of carbonyl (C=O) groups excluding carboxylic acids is 1. The number of hydrogen-bond acceptors (Lipinski definition) is 3. The molecule has 1 amide bonds. The van der Waals surface area contributed by atoms with Crippen LogP contribution in [0.5, 0.6) is 0 Å². The molecular weight excluding hydrogens is 328 g/mol. The van der Waals surface area contributed by atoms with Crippen molar-refractivity contribution in [2.75, 3.05) is 5.32 Å². The normalized spacial score (nSPS) is 11.2. The number of imidazole rings is 1. The predicted octanol–water partition coefficient (Wildman–Crippen LogP) is 3.69. The van der Waals surface area contributed by atoms with Crippen molar-refractivity contribution >= 4 is 33.5 Å². The van der Waals surface area contributed by atoms with Crippen molar-refractivity contribution in [3.05, 3.63) is 66.5 Å². The van der Waals surface area contributed by atoms with Gasteiger partial charge in [-0.15, -0.1) is 0 Å². The molecule has 0 aliphatic heterocycles. The SMILES string of the molecule is O=C(Nc1c[nH]nc1-c1nc2ccccc2[nH]1)c1cccc2cc[nH]c12. The van der Waals surface area contributed by atoms with Crippen LogP contribution in [-0.4, -0.2) is 31.1 Å². The fourth-order valence-corrected chi connectivity index (χ4v) is 3.09. The number of benzene rings is 2. The molecule has 4 N–H and O–H groups in total. The molecule has 5 rings (SSSR count). The maximum absolute atomic E-state index is 12.8. The lowest BCUT2D eigenvalue weighted by Gasteiger charge is -2.05. The smallest absolute Gasteiger partial charge is 0.257 e. The molecule has 0 aliphatic rings. The van der Waals surface area contributed by atoms with Gasteiger partial charge in [-0.2, -0.15) is 5.10 Å². The largest absolute Gasteiger partial charge is 0.361 e. The van der Waals surface area contributed by atoms with Gasteiger partial charge in [0.1, 0.15) is 0 Å². The summed E-state index contributed by atoms with van der Waals surface area (Å²) in [6, 6.07) is 15.3. The van der Waals surface area contributed by atoms with E-state index in [2.05, 4.69) is 30.5 Å². The lowest BCUT2D eigenvalue weighted by Crippen LogP contribution is -2.12. The Morgan fingerprint density at radius 3 is 2.88 bits per heavy atom. The number of aromatic nitrogens is 5. The van der Waals surface area contributed by atoms with E-state index in [0.717, 1.165) is 21.9 Å². The van der Waals surface area contributed by atoms with Gasteiger partial charge in [-0.05, 0) is 24.3 Å². The minimum atomic E-state index is -0.211. The lowest BCUT2D eigenvalue weighted by atomic mass is 10.1. The zero-order valence-electron chi connectivity index (χ0n) is 13.6. The van der Waals surface area contributed by atoms with Gasteiger partial charge in [-0.1, -0.05) is 24.3 Å². The van der Waals surface area contributed by atoms with Gasteiger partial charge in [0.2, 0.25) is 0 Å². The Morgan fingerprint density at radius 1 is 1.04 bits per heavy atom. The van der Waals surface area contributed by atoms with Crippen LogP contribution in [-0.2, 0) is 0 Å².